The Morgan fingerprint density at radius 2 is 2.04 bits per heavy atom. The molecule has 3 rings (SSSR count). The zero-order valence-corrected chi connectivity index (χ0v) is 16.3. The molecule has 0 aliphatic carbocycles. The summed E-state index contributed by atoms with van der Waals surface area (Å²) in [5, 5.41) is 1.43. The summed E-state index contributed by atoms with van der Waals surface area (Å²) in [6.45, 7) is 1.81. The number of carbonyl (C=O) groups excluding carboxylic acids is 1. The molecule has 1 atom stereocenters. The van der Waals surface area contributed by atoms with Gasteiger partial charge in [0, 0.05) is 34.5 Å². The number of thioether (sulfide) groups is 1. The van der Waals surface area contributed by atoms with E-state index in [1.54, 1.807) is 11.8 Å². The maximum absolute atomic E-state index is 12.8. The predicted octanol–water partition coefficient (Wildman–Crippen LogP) is 4.70. The normalized spacial score (nSPS) is 17.3. The number of benzene rings is 2. The second-order valence-corrected chi connectivity index (χ2v) is 8.17. The SMILES string of the molecule is CN(CC(=O)N1CCS[C@@H]1c1ccccc1Cl)Cc1cccc(Cl)c1. The van der Waals surface area contributed by atoms with Crippen molar-refractivity contribution in [3.63, 3.8) is 0 Å². The minimum absolute atomic E-state index is 0.000713. The highest BCUT2D eigenvalue weighted by Crippen LogP contribution is 2.40. The Balaban J connectivity index is 1.65. The number of rotatable bonds is 5. The minimum atomic E-state index is 0.000713. The molecule has 2 aromatic rings. The highest BCUT2D eigenvalue weighted by molar-refractivity contribution is 7.99. The highest BCUT2D eigenvalue weighted by Gasteiger charge is 2.32. The van der Waals surface area contributed by atoms with E-state index in [4.69, 9.17) is 23.2 Å². The Kier molecular flexibility index (Phi) is 6.29. The minimum Gasteiger partial charge on any atom is -0.325 e. The molecule has 3 nitrogen and oxygen atoms in total. The fourth-order valence-electron chi connectivity index (χ4n) is 2.98. The third-order valence-corrected chi connectivity index (χ3v) is 5.95. The smallest absolute Gasteiger partial charge is 0.237 e. The van der Waals surface area contributed by atoms with Crippen molar-refractivity contribution >= 4 is 40.9 Å². The zero-order valence-electron chi connectivity index (χ0n) is 14.0. The van der Waals surface area contributed by atoms with Gasteiger partial charge in [0.2, 0.25) is 5.91 Å². The lowest BCUT2D eigenvalue weighted by atomic mass is 10.2. The highest BCUT2D eigenvalue weighted by atomic mass is 35.5. The molecule has 0 bridgehead atoms. The average Bonchev–Trinajstić information content (AvgIpc) is 3.04. The third-order valence-electron chi connectivity index (χ3n) is 4.13. The van der Waals surface area contributed by atoms with Crippen LogP contribution in [-0.4, -0.2) is 41.6 Å². The molecule has 6 heteroatoms. The first-order valence-electron chi connectivity index (χ1n) is 8.13. The van der Waals surface area contributed by atoms with E-state index >= 15 is 0 Å². The summed E-state index contributed by atoms with van der Waals surface area (Å²) < 4.78 is 0. The molecule has 1 amide bonds. The van der Waals surface area contributed by atoms with Crippen LogP contribution in [0.25, 0.3) is 0 Å². The van der Waals surface area contributed by atoms with Crippen LogP contribution in [0.4, 0.5) is 0 Å². The van der Waals surface area contributed by atoms with Crippen molar-refractivity contribution in [3.05, 3.63) is 69.7 Å². The van der Waals surface area contributed by atoms with E-state index in [1.807, 2.05) is 65.4 Å². The van der Waals surface area contributed by atoms with Crippen molar-refractivity contribution < 1.29 is 4.79 Å². The first-order chi connectivity index (χ1) is 12.0. The Morgan fingerprint density at radius 1 is 1.24 bits per heavy atom. The molecule has 1 heterocycles. The molecule has 132 valence electrons. The van der Waals surface area contributed by atoms with E-state index in [2.05, 4.69) is 0 Å². The van der Waals surface area contributed by atoms with Gasteiger partial charge in [-0.1, -0.05) is 53.5 Å². The van der Waals surface area contributed by atoms with E-state index in [0.29, 0.717) is 23.1 Å². The lowest BCUT2D eigenvalue weighted by Crippen LogP contribution is -2.38. The first-order valence-corrected chi connectivity index (χ1v) is 9.93. The van der Waals surface area contributed by atoms with Crippen molar-refractivity contribution in [2.45, 2.75) is 11.9 Å². The van der Waals surface area contributed by atoms with Crippen LogP contribution in [-0.2, 0) is 11.3 Å². The second-order valence-electron chi connectivity index (χ2n) is 6.13. The maximum Gasteiger partial charge on any atom is 0.237 e. The predicted molar refractivity (Wildman–Crippen MR) is 106 cm³/mol. The molecular weight excluding hydrogens is 375 g/mol. The van der Waals surface area contributed by atoms with Gasteiger partial charge in [-0.2, -0.15) is 0 Å². The number of hydrogen-bond acceptors (Lipinski definition) is 3. The maximum atomic E-state index is 12.8. The van der Waals surface area contributed by atoms with Crippen LogP contribution in [0.2, 0.25) is 10.0 Å². The molecule has 0 saturated carbocycles. The number of hydrogen-bond donors (Lipinski definition) is 0. The van der Waals surface area contributed by atoms with E-state index in [1.165, 1.54) is 0 Å². The Bertz CT molecular complexity index is 756. The van der Waals surface area contributed by atoms with Gasteiger partial charge in [-0.05, 0) is 30.8 Å². The lowest BCUT2D eigenvalue weighted by molar-refractivity contribution is -0.132. The van der Waals surface area contributed by atoms with Gasteiger partial charge in [0.15, 0.2) is 0 Å². The van der Waals surface area contributed by atoms with Gasteiger partial charge in [0.05, 0.1) is 6.54 Å². The van der Waals surface area contributed by atoms with Crippen LogP contribution in [0.15, 0.2) is 48.5 Å². The summed E-state index contributed by atoms with van der Waals surface area (Å²) in [4.78, 5) is 16.8. The quantitative estimate of drug-likeness (QED) is 0.733. The van der Waals surface area contributed by atoms with Crippen LogP contribution < -0.4 is 0 Å². The number of carbonyl (C=O) groups is 1. The number of likely N-dealkylation sites (N-methyl/N-ethyl adjacent to an activating group) is 1. The third kappa shape index (κ3) is 4.70. The monoisotopic (exact) mass is 394 g/mol. The first kappa shape index (κ1) is 18.6. The van der Waals surface area contributed by atoms with E-state index in [0.717, 1.165) is 23.4 Å². The number of amides is 1. The molecule has 0 N–H and O–H groups in total. The fourth-order valence-corrected chi connectivity index (χ4v) is 4.81. The van der Waals surface area contributed by atoms with Crippen molar-refractivity contribution in [2.75, 3.05) is 25.9 Å². The Hall–Kier alpha value is -1.20. The van der Waals surface area contributed by atoms with Crippen molar-refractivity contribution in [1.82, 2.24) is 9.80 Å². The summed E-state index contributed by atoms with van der Waals surface area (Å²) in [6, 6.07) is 15.5. The van der Waals surface area contributed by atoms with E-state index in [9.17, 15) is 4.79 Å². The van der Waals surface area contributed by atoms with Gasteiger partial charge in [-0.15, -0.1) is 11.8 Å². The van der Waals surface area contributed by atoms with Crippen LogP contribution in [0.1, 0.15) is 16.5 Å². The van der Waals surface area contributed by atoms with Crippen LogP contribution in [0.5, 0.6) is 0 Å². The van der Waals surface area contributed by atoms with E-state index < -0.39 is 0 Å². The summed E-state index contributed by atoms with van der Waals surface area (Å²) in [5.41, 5.74) is 2.11. The van der Waals surface area contributed by atoms with Gasteiger partial charge in [-0.3, -0.25) is 9.69 Å². The average molecular weight is 395 g/mol. The number of halogens is 2. The Labute approximate surface area is 162 Å². The molecule has 2 aromatic carbocycles. The molecule has 0 unspecified atom stereocenters. The topological polar surface area (TPSA) is 23.6 Å². The van der Waals surface area contributed by atoms with Crippen LogP contribution in [0, 0.1) is 0 Å². The molecule has 0 spiro atoms. The lowest BCUT2D eigenvalue weighted by Gasteiger charge is -2.27. The molecule has 1 fully saturated rings. The van der Waals surface area contributed by atoms with Crippen molar-refractivity contribution in [2.24, 2.45) is 0 Å². The zero-order chi connectivity index (χ0) is 17.8. The molecule has 1 saturated heterocycles. The van der Waals surface area contributed by atoms with Gasteiger partial charge in [-0.25, -0.2) is 0 Å². The fraction of sp³-hybridized carbons (Fsp3) is 0.316. The summed E-state index contributed by atoms with van der Waals surface area (Å²) in [6.07, 6.45) is 0. The van der Waals surface area contributed by atoms with E-state index in [-0.39, 0.29) is 11.3 Å². The Morgan fingerprint density at radius 3 is 2.80 bits per heavy atom. The van der Waals surface area contributed by atoms with Crippen molar-refractivity contribution in [1.29, 1.82) is 0 Å². The molecule has 0 aromatic heterocycles. The molecule has 25 heavy (non-hydrogen) atoms. The summed E-state index contributed by atoms with van der Waals surface area (Å²) >= 11 is 14.1. The van der Waals surface area contributed by atoms with Crippen molar-refractivity contribution in [3.8, 4) is 0 Å². The standard InChI is InChI=1S/C19H20Cl2N2OS/c1-22(12-14-5-4-6-15(20)11-14)13-18(24)23-9-10-25-19(23)16-7-2-3-8-17(16)21/h2-8,11,19H,9-10,12-13H2,1H3/t19-/m1/s1. The molecule has 0 radical (unpaired) electrons. The second kappa shape index (κ2) is 8.45. The summed E-state index contributed by atoms with van der Waals surface area (Å²) in [5.74, 6) is 1.05. The largest absolute Gasteiger partial charge is 0.325 e. The van der Waals surface area contributed by atoms with Crippen LogP contribution >= 0.6 is 35.0 Å². The molecule has 1 aliphatic rings. The molecular formula is C19H20Cl2N2OS. The molecule has 1 aliphatic heterocycles. The van der Waals surface area contributed by atoms with Gasteiger partial charge < -0.3 is 4.90 Å². The van der Waals surface area contributed by atoms with Gasteiger partial charge in [0.25, 0.3) is 0 Å². The summed E-state index contributed by atoms with van der Waals surface area (Å²) in [7, 11) is 1.95. The number of nitrogens with zero attached hydrogens (tertiary/aromatic N) is 2. The van der Waals surface area contributed by atoms with Gasteiger partial charge >= 0.3 is 0 Å². The van der Waals surface area contributed by atoms with Crippen LogP contribution in [0.3, 0.4) is 0 Å². The van der Waals surface area contributed by atoms with Gasteiger partial charge in [0.1, 0.15) is 5.37 Å².